The molecule has 33 heavy (non-hydrogen) atoms. The van der Waals surface area contributed by atoms with Gasteiger partial charge in [-0.3, -0.25) is 4.79 Å². The van der Waals surface area contributed by atoms with Gasteiger partial charge in [0.2, 0.25) is 0 Å². The molecule has 0 spiro atoms. The van der Waals surface area contributed by atoms with E-state index in [9.17, 15) is 4.79 Å². The summed E-state index contributed by atoms with van der Waals surface area (Å²) < 4.78 is 13.4. The molecule has 1 aromatic heterocycles. The number of nitrogens with zero attached hydrogens (tertiary/aromatic N) is 2. The summed E-state index contributed by atoms with van der Waals surface area (Å²) in [6, 6.07) is 23.3. The molecule has 4 rings (SSSR count). The maximum atomic E-state index is 12.4. The minimum Gasteiger partial charge on any atom is -0.497 e. The average molecular weight is 444 g/mol. The Morgan fingerprint density at radius 3 is 2.61 bits per heavy atom. The number of methoxy groups -OCH3 is 1. The fraction of sp³-hybridized carbons (Fsp3) is 0.259. The maximum absolute atomic E-state index is 12.4. The Bertz CT molecular complexity index is 1220. The highest BCUT2D eigenvalue weighted by molar-refractivity contribution is 5.94. The van der Waals surface area contributed by atoms with E-state index in [-0.39, 0.29) is 5.91 Å². The van der Waals surface area contributed by atoms with Crippen LogP contribution in [0.4, 0.5) is 0 Å². The number of rotatable bonds is 10. The number of carbonyl (C=O) groups is 1. The first-order valence-corrected chi connectivity index (χ1v) is 11.2. The van der Waals surface area contributed by atoms with Crippen LogP contribution in [0.15, 0.2) is 72.8 Å². The summed E-state index contributed by atoms with van der Waals surface area (Å²) in [6.07, 6.45) is 1.49. The van der Waals surface area contributed by atoms with Crippen LogP contribution in [-0.2, 0) is 13.0 Å². The first kappa shape index (κ1) is 22.4. The monoisotopic (exact) mass is 443 g/mol. The number of ether oxygens (including phenoxy) is 2. The highest BCUT2D eigenvalue weighted by atomic mass is 16.5. The van der Waals surface area contributed by atoms with Crippen molar-refractivity contribution in [1.29, 1.82) is 0 Å². The number of amides is 1. The topological polar surface area (TPSA) is 65.4 Å². The summed E-state index contributed by atoms with van der Waals surface area (Å²) in [5.74, 6) is 2.47. The van der Waals surface area contributed by atoms with E-state index in [0.29, 0.717) is 25.1 Å². The molecule has 0 bridgehead atoms. The van der Waals surface area contributed by atoms with Crippen LogP contribution in [0.25, 0.3) is 11.0 Å². The second kappa shape index (κ2) is 10.7. The number of hydrogen-bond donors (Lipinski definition) is 1. The van der Waals surface area contributed by atoms with Crippen molar-refractivity contribution >= 4 is 16.9 Å². The van der Waals surface area contributed by atoms with Gasteiger partial charge in [0, 0.05) is 31.1 Å². The summed E-state index contributed by atoms with van der Waals surface area (Å²) in [5, 5.41) is 3.01. The van der Waals surface area contributed by atoms with Crippen LogP contribution in [0.3, 0.4) is 0 Å². The molecule has 4 aromatic rings. The van der Waals surface area contributed by atoms with Gasteiger partial charge in [-0.15, -0.1) is 0 Å². The lowest BCUT2D eigenvalue weighted by Gasteiger charge is -2.11. The summed E-state index contributed by atoms with van der Waals surface area (Å²) in [4.78, 5) is 17.2. The number of hydrogen-bond acceptors (Lipinski definition) is 4. The fourth-order valence-electron chi connectivity index (χ4n) is 3.76. The zero-order chi connectivity index (χ0) is 23.0. The lowest BCUT2D eigenvalue weighted by Crippen LogP contribution is -2.26. The standard InChI is InChI=1S/C27H29N3O3/c1-20-11-13-21(14-12-20)27(31)28-16-15-26-29-24-9-3-4-10-25(24)30(26)17-6-18-33-23-8-5-7-22(19-23)32-2/h3-5,7-14,19H,6,15-18H2,1-2H3,(H,28,31). The Labute approximate surface area is 194 Å². The zero-order valence-electron chi connectivity index (χ0n) is 19.1. The molecule has 0 saturated carbocycles. The Morgan fingerprint density at radius 1 is 1.00 bits per heavy atom. The van der Waals surface area contributed by atoms with Crippen molar-refractivity contribution < 1.29 is 14.3 Å². The fourth-order valence-corrected chi connectivity index (χ4v) is 3.76. The minimum atomic E-state index is -0.0654. The van der Waals surface area contributed by atoms with Gasteiger partial charge in [0.25, 0.3) is 5.91 Å². The van der Waals surface area contributed by atoms with E-state index in [1.807, 2.05) is 73.7 Å². The van der Waals surface area contributed by atoms with Crippen molar-refractivity contribution in [3.8, 4) is 11.5 Å². The van der Waals surface area contributed by atoms with Crippen LogP contribution in [-0.4, -0.2) is 35.7 Å². The van der Waals surface area contributed by atoms with Crippen molar-refractivity contribution in [1.82, 2.24) is 14.9 Å². The second-order valence-electron chi connectivity index (χ2n) is 7.92. The van der Waals surface area contributed by atoms with E-state index >= 15 is 0 Å². The third-order valence-corrected chi connectivity index (χ3v) is 5.52. The van der Waals surface area contributed by atoms with E-state index in [2.05, 4.69) is 16.0 Å². The molecule has 6 nitrogen and oxygen atoms in total. The van der Waals surface area contributed by atoms with E-state index in [4.69, 9.17) is 14.5 Å². The van der Waals surface area contributed by atoms with Crippen molar-refractivity contribution in [3.05, 3.63) is 89.7 Å². The predicted molar refractivity (Wildman–Crippen MR) is 130 cm³/mol. The van der Waals surface area contributed by atoms with Gasteiger partial charge in [-0.05, 0) is 49.7 Å². The SMILES string of the molecule is COc1cccc(OCCCn2c(CCNC(=O)c3ccc(C)cc3)nc3ccccc32)c1. The molecule has 0 atom stereocenters. The van der Waals surface area contributed by atoms with Crippen LogP contribution in [0, 0.1) is 6.92 Å². The summed E-state index contributed by atoms with van der Waals surface area (Å²) >= 11 is 0. The van der Waals surface area contributed by atoms with E-state index in [1.165, 1.54) is 0 Å². The minimum absolute atomic E-state index is 0.0654. The highest BCUT2D eigenvalue weighted by Gasteiger charge is 2.11. The molecule has 0 aliphatic heterocycles. The van der Waals surface area contributed by atoms with Gasteiger partial charge >= 0.3 is 0 Å². The smallest absolute Gasteiger partial charge is 0.251 e. The summed E-state index contributed by atoms with van der Waals surface area (Å²) in [5.41, 5.74) is 3.87. The van der Waals surface area contributed by atoms with Gasteiger partial charge in [0.05, 0.1) is 24.8 Å². The number of imidazole rings is 1. The molecule has 170 valence electrons. The molecule has 0 aliphatic rings. The Hall–Kier alpha value is -3.80. The maximum Gasteiger partial charge on any atom is 0.251 e. The largest absolute Gasteiger partial charge is 0.497 e. The van der Waals surface area contributed by atoms with Crippen LogP contribution < -0.4 is 14.8 Å². The molecule has 0 radical (unpaired) electrons. The number of benzene rings is 3. The summed E-state index contributed by atoms with van der Waals surface area (Å²) in [6.45, 7) is 3.90. The first-order valence-electron chi connectivity index (χ1n) is 11.2. The van der Waals surface area contributed by atoms with Gasteiger partial charge in [-0.2, -0.15) is 0 Å². The van der Waals surface area contributed by atoms with Gasteiger partial charge in [-0.25, -0.2) is 4.98 Å². The van der Waals surface area contributed by atoms with Crippen LogP contribution in [0.1, 0.15) is 28.2 Å². The van der Waals surface area contributed by atoms with Crippen molar-refractivity contribution in [2.45, 2.75) is 26.3 Å². The number of aryl methyl sites for hydroxylation is 2. The molecule has 0 aliphatic carbocycles. The van der Waals surface area contributed by atoms with E-state index in [0.717, 1.165) is 46.9 Å². The van der Waals surface area contributed by atoms with Gasteiger partial charge in [0.1, 0.15) is 17.3 Å². The predicted octanol–water partition coefficient (Wildman–Crippen LogP) is 4.79. The Kier molecular flexibility index (Phi) is 7.25. The molecule has 1 N–H and O–H groups in total. The zero-order valence-corrected chi connectivity index (χ0v) is 19.1. The van der Waals surface area contributed by atoms with Crippen LogP contribution >= 0.6 is 0 Å². The van der Waals surface area contributed by atoms with Crippen LogP contribution in [0.2, 0.25) is 0 Å². The second-order valence-corrected chi connectivity index (χ2v) is 7.92. The van der Waals surface area contributed by atoms with Gasteiger partial charge < -0.3 is 19.4 Å². The molecule has 1 amide bonds. The molecular weight excluding hydrogens is 414 g/mol. The summed E-state index contributed by atoms with van der Waals surface area (Å²) in [7, 11) is 1.65. The highest BCUT2D eigenvalue weighted by Crippen LogP contribution is 2.20. The van der Waals surface area contributed by atoms with Crippen molar-refractivity contribution in [2.75, 3.05) is 20.3 Å². The molecule has 0 fully saturated rings. The molecule has 0 unspecified atom stereocenters. The molecular formula is C27H29N3O3. The van der Waals surface area contributed by atoms with Gasteiger partial charge in [0.15, 0.2) is 0 Å². The van der Waals surface area contributed by atoms with E-state index < -0.39 is 0 Å². The third-order valence-electron chi connectivity index (χ3n) is 5.52. The van der Waals surface area contributed by atoms with E-state index in [1.54, 1.807) is 7.11 Å². The Morgan fingerprint density at radius 2 is 1.79 bits per heavy atom. The molecule has 1 heterocycles. The number of fused-ring (bicyclic) bond motifs is 1. The normalized spacial score (nSPS) is 10.8. The molecule has 3 aromatic carbocycles. The van der Waals surface area contributed by atoms with Gasteiger partial charge in [-0.1, -0.05) is 35.9 Å². The number of carbonyl (C=O) groups excluding carboxylic acids is 1. The number of nitrogens with one attached hydrogen (secondary N) is 1. The van der Waals surface area contributed by atoms with Crippen molar-refractivity contribution in [2.24, 2.45) is 0 Å². The Balaban J connectivity index is 1.36. The third kappa shape index (κ3) is 5.71. The molecule has 6 heteroatoms. The quantitative estimate of drug-likeness (QED) is 0.358. The lowest BCUT2D eigenvalue weighted by atomic mass is 10.1. The number of para-hydroxylation sites is 2. The number of aromatic nitrogens is 2. The lowest BCUT2D eigenvalue weighted by molar-refractivity contribution is 0.0954. The first-order chi connectivity index (χ1) is 16.1. The van der Waals surface area contributed by atoms with Crippen molar-refractivity contribution in [3.63, 3.8) is 0 Å². The van der Waals surface area contributed by atoms with Crippen LogP contribution in [0.5, 0.6) is 11.5 Å². The average Bonchev–Trinajstić information content (AvgIpc) is 3.19. The molecule has 0 saturated heterocycles.